The van der Waals surface area contributed by atoms with E-state index < -0.39 is 0 Å². The summed E-state index contributed by atoms with van der Waals surface area (Å²) in [7, 11) is 0. The van der Waals surface area contributed by atoms with Crippen LogP contribution in [0.4, 0.5) is 0 Å². The Morgan fingerprint density at radius 2 is 1.30 bits per heavy atom. The second kappa shape index (κ2) is 9.01. The number of rotatable bonds is 6. The minimum Gasteiger partial charge on any atom is -0.457 e. The molecule has 0 saturated carbocycles. The molecule has 0 aliphatic carbocycles. The number of aromatic nitrogens is 1. The summed E-state index contributed by atoms with van der Waals surface area (Å²) in [5.41, 5.74) is 2.34. The third-order valence-corrected chi connectivity index (χ3v) is 5.60. The maximum atomic E-state index is 13.0. The first-order valence-corrected chi connectivity index (χ1v) is 10.8. The minimum absolute atomic E-state index is 0.0233. The Morgan fingerprint density at radius 3 is 2.00 bits per heavy atom. The summed E-state index contributed by atoms with van der Waals surface area (Å²) in [5, 5.41) is 4.20. The lowest BCUT2D eigenvalue weighted by Gasteiger charge is -2.16. The molecule has 1 aromatic heterocycles. The topological polar surface area (TPSA) is 60.3 Å². The van der Waals surface area contributed by atoms with Crippen LogP contribution in [-0.4, -0.2) is 10.5 Å². The number of benzene rings is 4. The Labute approximate surface area is 190 Å². The highest BCUT2D eigenvalue weighted by Crippen LogP contribution is 2.25. The van der Waals surface area contributed by atoms with E-state index in [0.29, 0.717) is 23.1 Å². The average Bonchev–Trinajstić information content (AvgIpc) is 2.87. The normalized spacial score (nSPS) is 10.9. The zero-order valence-electron chi connectivity index (χ0n) is 17.9. The highest BCUT2D eigenvalue weighted by atomic mass is 16.5. The van der Waals surface area contributed by atoms with Gasteiger partial charge in [0.05, 0.1) is 11.0 Å². The first kappa shape index (κ1) is 20.5. The van der Waals surface area contributed by atoms with Crippen LogP contribution in [0.3, 0.4) is 0 Å². The Morgan fingerprint density at radius 1 is 0.727 bits per heavy atom. The molecular weight excluding hydrogens is 412 g/mol. The number of fused-ring (bicyclic) bond motifs is 2. The van der Waals surface area contributed by atoms with Crippen LogP contribution in [0.25, 0.3) is 21.8 Å². The van der Waals surface area contributed by atoms with Gasteiger partial charge in [-0.25, -0.2) is 0 Å². The van der Waals surface area contributed by atoms with Crippen LogP contribution in [0.15, 0.2) is 108 Å². The first-order chi connectivity index (χ1) is 16.2. The number of ether oxygens (including phenoxy) is 1. The number of nitrogens with zero attached hydrogens (tertiary/aromatic N) is 1. The summed E-state index contributed by atoms with van der Waals surface area (Å²) in [5.74, 6) is 1.29. The molecule has 5 nitrogen and oxygen atoms in total. The maximum Gasteiger partial charge on any atom is 0.240 e. The first-order valence-electron chi connectivity index (χ1n) is 10.8. The van der Waals surface area contributed by atoms with Gasteiger partial charge in [0.15, 0.2) is 5.43 Å². The van der Waals surface area contributed by atoms with Crippen molar-refractivity contribution in [3.63, 3.8) is 0 Å². The molecular formula is C28H22N2O3. The largest absolute Gasteiger partial charge is 0.457 e. The minimum atomic E-state index is -0.150. The van der Waals surface area contributed by atoms with E-state index in [9.17, 15) is 9.59 Å². The van der Waals surface area contributed by atoms with Crippen molar-refractivity contribution in [1.29, 1.82) is 0 Å². The molecule has 1 amide bonds. The number of hydrogen-bond donors (Lipinski definition) is 1. The molecule has 5 rings (SSSR count). The van der Waals surface area contributed by atoms with E-state index in [1.165, 1.54) is 0 Å². The van der Waals surface area contributed by atoms with Crippen LogP contribution in [0, 0.1) is 0 Å². The zero-order chi connectivity index (χ0) is 22.6. The number of pyridine rings is 1. The molecule has 0 saturated heterocycles. The van der Waals surface area contributed by atoms with Gasteiger partial charge in [0.1, 0.15) is 18.0 Å². The SMILES string of the molecule is O=C(Cn1c2ccccc2c(=O)c2ccccc21)NCc1ccccc1Oc1ccccc1. The molecule has 5 heteroatoms. The van der Waals surface area contributed by atoms with Crippen molar-refractivity contribution in [1.82, 2.24) is 9.88 Å². The van der Waals surface area contributed by atoms with E-state index in [1.54, 1.807) is 12.1 Å². The van der Waals surface area contributed by atoms with Crippen LogP contribution in [-0.2, 0) is 17.9 Å². The van der Waals surface area contributed by atoms with Crippen LogP contribution in [0.1, 0.15) is 5.56 Å². The van der Waals surface area contributed by atoms with E-state index in [-0.39, 0.29) is 17.9 Å². The Hall–Kier alpha value is -4.38. The summed E-state index contributed by atoms with van der Waals surface area (Å²) >= 11 is 0. The predicted octanol–water partition coefficient (Wildman–Crippen LogP) is 5.26. The molecule has 0 spiro atoms. The fourth-order valence-electron chi connectivity index (χ4n) is 4.01. The molecule has 0 unspecified atom stereocenters. The van der Waals surface area contributed by atoms with Crippen molar-refractivity contribution in [3.05, 3.63) is 119 Å². The zero-order valence-corrected chi connectivity index (χ0v) is 17.9. The van der Waals surface area contributed by atoms with Crippen molar-refractivity contribution in [2.45, 2.75) is 13.1 Å². The molecule has 0 fully saturated rings. The molecule has 0 bridgehead atoms. The van der Waals surface area contributed by atoms with Crippen LogP contribution < -0.4 is 15.5 Å². The molecule has 0 aliphatic rings. The number of hydrogen-bond acceptors (Lipinski definition) is 3. The third-order valence-electron chi connectivity index (χ3n) is 5.60. The molecule has 33 heavy (non-hydrogen) atoms. The van der Waals surface area contributed by atoms with E-state index in [1.807, 2.05) is 95.6 Å². The molecule has 0 aliphatic heterocycles. The second-order valence-electron chi connectivity index (χ2n) is 7.75. The monoisotopic (exact) mass is 434 g/mol. The van der Waals surface area contributed by atoms with Crippen molar-refractivity contribution >= 4 is 27.7 Å². The van der Waals surface area contributed by atoms with Gasteiger partial charge in [-0.05, 0) is 42.5 Å². The van der Waals surface area contributed by atoms with Gasteiger partial charge in [-0.2, -0.15) is 0 Å². The van der Waals surface area contributed by atoms with Crippen molar-refractivity contribution < 1.29 is 9.53 Å². The molecule has 162 valence electrons. The van der Waals surface area contributed by atoms with E-state index in [2.05, 4.69) is 5.32 Å². The summed E-state index contributed by atoms with van der Waals surface area (Å²) < 4.78 is 7.89. The maximum absolute atomic E-state index is 13.0. The molecule has 1 heterocycles. The van der Waals surface area contributed by atoms with Gasteiger partial charge in [-0.3, -0.25) is 9.59 Å². The second-order valence-corrected chi connectivity index (χ2v) is 7.75. The standard InChI is InChI=1S/C28H22N2O3/c31-27(29-18-20-10-4-9-17-26(20)33-21-11-2-1-3-12-21)19-30-24-15-7-5-13-22(24)28(32)23-14-6-8-16-25(23)30/h1-17H,18-19H2,(H,29,31). The van der Waals surface area contributed by atoms with Crippen LogP contribution in [0.2, 0.25) is 0 Å². The summed E-state index contributed by atoms with van der Waals surface area (Å²) in [6.07, 6.45) is 0. The number of para-hydroxylation sites is 4. The number of carbonyl (C=O) groups is 1. The number of carbonyl (C=O) groups excluding carboxylic acids is 1. The highest BCUT2D eigenvalue weighted by Gasteiger charge is 2.13. The lowest BCUT2D eigenvalue weighted by molar-refractivity contribution is -0.121. The fourth-order valence-corrected chi connectivity index (χ4v) is 4.01. The van der Waals surface area contributed by atoms with E-state index in [4.69, 9.17) is 4.74 Å². The third kappa shape index (κ3) is 4.21. The fraction of sp³-hybridized carbons (Fsp3) is 0.0714. The van der Waals surface area contributed by atoms with Crippen molar-refractivity contribution in [2.24, 2.45) is 0 Å². The van der Waals surface area contributed by atoms with Gasteiger partial charge < -0.3 is 14.6 Å². The summed E-state index contributed by atoms with van der Waals surface area (Å²) in [6, 6.07) is 32.0. The summed E-state index contributed by atoms with van der Waals surface area (Å²) in [4.78, 5) is 25.9. The Balaban J connectivity index is 1.40. The highest BCUT2D eigenvalue weighted by molar-refractivity contribution is 5.94. The van der Waals surface area contributed by atoms with Gasteiger partial charge >= 0.3 is 0 Å². The van der Waals surface area contributed by atoms with Gasteiger partial charge in [0.25, 0.3) is 0 Å². The van der Waals surface area contributed by atoms with Gasteiger partial charge in [-0.15, -0.1) is 0 Å². The Bertz CT molecular complexity index is 1450. The quantitative estimate of drug-likeness (QED) is 0.371. The van der Waals surface area contributed by atoms with Gasteiger partial charge in [0, 0.05) is 22.9 Å². The van der Waals surface area contributed by atoms with Crippen LogP contribution >= 0.6 is 0 Å². The van der Waals surface area contributed by atoms with Gasteiger partial charge in [-0.1, -0.05) is 60.7 Å². The Kier molecular flexibility index (Phi) is 5.60. The molecule has 0 atom stereocenters. The molecule has 5 aromatic rings. The summed E-state index contributed by atoms with van der Waals surface area (Å²) in [6.45, 7) is 0.431. The number of nitrogens with one attached hydrogen (secondary N) is 1. The van der Waals surface area contributed by atoms with Crippen molar-refractivity contribution in [3.8, 4) is 11.5 Å². The molecule has 1 N–H and O–H groups in total. The van der Waals surface area contributed by atoms with E-state index >= 15 is 0 Å². The average molecular weight is 434 g/mol. The lowest BCUT2D eigenvalue weighted by Crippen LogP contribution is -2.28. The van der Waals surface area contributed by atoms with Crippen LogP contribution in [0.5, 0.6) is 11.5 Å². The predicted molar refractivity (Wildman–Crippen MR) is 131 cm³/mol. The smallest absolute Gasteiger partial charge is 0.240 e. The van der Waals surface area contributed by atoms with Crippen molar-refractivity contribution in [2.75, 3.05) is 0 Å². The molecule has 0 radical (unpaired) electrons. The number of amides is 1. The lowest BCUT2D eigenvalue weighted by atomic mass is 10.1. The van der Waals surface area contributed by atoms with E-state index in [0.717, 1.165) is 22.3 Å². The van der Waals surface area contributed by atoms with Gasteiger partial charge in [0.2, 0.25) is 5.91 Å². The molecule has 4 aromatic carbocycles.